The highest BCUT2D eigenvalue weighted by Gasteiger charge is 2.17. The van der Waals surface area contributed by atoms with E-state index in [4.69, 9.17) is 10.4 Å². The molecular formula is C14H16FN3O3. The molecule has 112 valence electrons. The highest BCUT2D eigenvalue weighted by Crippen LogP contribution is 2.13. The van der Waals surface area contributed by atoms with Gasteiger partial charge in [0.25, 0.3) is 0 Å². The Hall–Kier alpha value is -2.62. The van der Waals surface area contributed by atoms with E-state index in [0.717, 1.165) is 6.07 Å². The lowest BCUT2D eigenvalue weighted by atomic mass is 10.0. The minimum absolute atomic E-state index is 0.00130. The molecule has 1 unspecified atom stereocenters. The first-order valence-electron chi connectivity index (χ1n) is 6.45. The lowest BCUT2D eigenvalue weighted by Gasteiger charge is -2.13. The van der Waals surface area contributed by atoms with Crippen molar-refractivity contribution in [3.63, 3.8) is 0 Å². The van der Waals surface area contributed by atoms with Crippen molar-refractivity contribution in [3.05, 3.63) is 29.6 Å². The molecule has 0 heterocycles. The molecular weight excluding hydrogens is 277 g/mol. The van der Waals surface area contributed by atoms with Crippen molar-refractivity contribution in [1.82, 2.24) is 5.32 Å². The summed E-state index contributed by atoms with van der Waals surface area (Å²) < 4.78 is 13.1. The Morgan fingerprint density at radius 1 is 1.48 bits per heavy atom. The van der Waals surface area contributed by atoms with Gasteiger partial charge in [0.2, 0.25) is 0 Å². The van der Waals surface area contributed by atoms with Crippen LogP contribution in [0.2, 0.25) is 0 Å². The second kappa shape index (κ2) is 7.85. The van der Waals surface area contributed by atoms with E-state index in [-0.39, 0.29) is 17.8 Å². The van der Waals surface area contributed by atoms with Gasteiger partial charge in [-0.2, -0.15) is 5.26 Å². The van der Waals surface area contributed by atoms with Crippen LogP contribution in [0.5, 0.6) is 0 Å². The van der Waals surface area contributed by atoms with Crippen LogP contribution in [0.3, 0.4) is 0 Å². The zero-order chi connectivity index (χ0) is 15.8. The zero-order valence-electron chi connectivity index (χ0n) is 11.5. The van der Waals surface area contributed by atoms with E-state index in [0.29, 0.717) is 12.8 Å². The van der Waals surface area contributed by atoms with Crippen molar-refractivity contribution in [3.8, 4) is 6.07 Å². The first-order chi connectivity index (χ1) is 9.97. The Bertz CT molecular complexity index is 569. The van der Waals surface area contributed by atoms with E-state index in [1.54, 1.807) is 6.07 Å². The van der Waals surface area contributed by atoms with E-state index in [2.05, 4.69) is 10.6 Å². The number of carbonyl (C=O) groups is 2. The fraction of sp³-hybridized carbons (Fsp3) is 0.357. The summed E-state index contributed by atoms with van der Waals surface area (Å²) in [6.45, 7) is 1.86. The summed E-state index contributed by atoms with van der Waals surface area (Å²) in [5, 5.41) is 22.5. The topological polar surface area (TPSA) is 102 Å². The van der Waals surface area contributed by atoms with Crippen LogP contribution >= 0.6 is 0 Å². The fourth-order valence-electron chi connectivity index (χ4n) is 1.74. The second-order valence-electron chi connectivity index (χ2n) is 4.47. The number of carboxylic acid groups (broad SMARTS) is 1. The first-order valence-corrected chi connectivity index (χ1v) is 6.45. The molecule has 0 saturated carbocycles. The average Bonchev–Trinajstić information content (AvgIpc) is 2.45. The highest BCUT2D eigenvalue weighted by atomic mass is 19.1. The Kier molecular flexibility index (Phi) is 6.14. The van der Waals surface area contributed by atoms with Gasteiger partial charge in [-0.3, -0.25) is 4.79 Å². The number of nitrogens with one attached hydrogen (secondary N) is 2. The van der Waals surface area contributed by atoms with Crippen LogP contribution in [-0.2, 0) is 4.79 Å². The van der Waals surface area contributed by atoms with Crippen LogP contribution in [-0.4, -0.2) is 23.7 Å². The van der Waals surface area contributed by atoms with Crippen molar-refractivity contribution < 1.29 is 19.1 Å². The van der Waals surface area contributed by atoms with E-state index >= 15 is 0 Å². The zero-order valence-corrected chi connectivity index (χ0v) is 11.5. The highest BCUT2D eigenvalue weighted by molar-refractivity contribution is 5.89. The van der Waals surface area contributed by atoms with Gasteiger partial charge in [-0.05, 0) is 24.6 Å². The Balaban J connectivity index is 2.58. The lowest BCUT2D eigenvalue weighted by molar-refractivity contribution is -0.141. The Morgan fingerprint density at radius 3 is 2.76 bits per heavy atom. The molecule has 21 heavy (non-hydrogen) atoms. The van der Waals surface area contributed by atoms with Crippen molar-refractivity contribution in [2.24, 2.45) is 5.92 Å². The molecule has 6 nitrogen and oxygen atoms in total. The van der Waals surface area contributed by atoms with E-state index < -0.39 is 23.7 Å². The first kappa shape index (κ1) is 16.4. The van der Waals surface area contributed by atoms with Gasteiger partial charge in [0.05, 0.1) is 11.5 Å². The molecule has 0 radical (unpaired) electrons. The van der Waals surface area contributed by atoms with Crippen LogP contribution in [0.25, 0.3) is 0 Å². The molecule has 0 aliphatic carbocycles. The summed E-state index contributed by atoms with van der Waals surface area (Å²) in [6.07, 6.45) is 1.16. The summed E-state index contributed by atoms with van der Waals surface area (Å²) in [7, 11) is 0. The van der Waals surface area contributed by atoms with Crippen LogP contribution < -0.4 is 10.6 Å². The molecule has 1 aromatic rings. The van der Waals surface area contributed by atoms with E-state index in [1.165, 1.54) is 12.1 Å². The third kappa shape index (κ3) is 5.10. The van der Waals surface area contributed by atoms with E-state index in [9.17, 15) is 14.0 Å². The second-order valence-corrected chi connectivity index (χ2v) is 4.47. The number of hydrogen-bond acceptors (Lipinski definition) is 3. The van der Waals surface area contributed by atoms with Crippen LogP contribution in [0, 0.1) is 23.1 Å². The molecule has 0 aromatic heterocycles. The van der Waals surface area contributed by atoms with Gasteiger partial charge in [0.15, 0.2) is 0 Å². The lowest BCUT2D eigenvalue weighted by Crippen LogP contribution is -2.35. The van der Waals surface area contributed by atoms with Gasteiger partial charge in [-0.25, -0.2) is 9.18 Å². The van der Waals surface area contributed by atoms with Gasteiger partial charge in [0.1, 0.15) is 11.9 Å². The van der Waals surface area contributed by atoms with Gasteiger partial charge >= 0.3 is 12.0 Å². The van der Waals surface area contributed by atoms with Crippen LogP contribution in [0.15, 0.2) is 18.2 Å². The minimum atomic E-state index is -0.967. The average molecular weight is 293 g/mol. The van der Waals surface area contributed by atoms with Gasteiger partial charge in [-0.15, -0.1) is 0 Å². The maximum Gasteiger partial charge on any atom is 0.319 e. The maximum atomic E-state index is 13.1. The third-order valence-corrected chi connectivity index (χ3v) is 2.84. The number of urea groups is 1. The molecule has 0 spiro atoms. The molecule has 0 saturated heterocycles. The summed E-state index contributed by atoms with van der Waals surface area (Å²) >= 11 is 0. The molecule has 0 fully saturated rings. The molecule has 0 aliphatic heterocycles. The standard InChI is InChI=1S/C14H16FN3O3/c1-2-3-9(13(19)20)8-17-14(21)18-11-4-5-12(15)10(6-11)7-16/h4-6,9H,2-3,8H2,1H3,(H,19,20)(H2,17,18,21). The summed E-state index contributed by atoms with van der Waals surface area (Å²) in [6, 6.07) is 4.66. The summed E-state index contributed by atoms with van der Waals surface area (Å²) in [5.74, 6) is -2.29. The molecule has 1 atom stereocenters. The molecule has 2 amide bonds. The number of benzene rings is 1. The van der Waals surface area contributed by atoms with Crippen molar-refractivity contribution in [2.75, 3.05) is 11.9 Å². The van der Waals surface area contributed by atoms with Crippen LogP contribution in [0.1, 0.15) is 25.3 Å². The SMILES string of the molecule is CCCC(CNC(=O)Nc1ccc(F)c(C#N)c1)C(=O)O. The Morgan fingerprint density at radius 2 is 2.19 bits per heavy atom. The van der Waals surface area contributed by atoms with Crippen molar-refractivity contribution in [1.29, 1.82) is 5.26 Å². The van der Waals surface area contributed by atoms with Gasteiger partial charge < -0.3 is 15.7 Å². The van der Waals surface area contributed by atoms with Crippen molar-refractivity contribution >= 4 is 17.7 Å². The monoisotopic (exact) mass is 293 g/mol. The fourth-order valence-corrected chi connectivity index (χ4v) is 1.74. The van der Waals surface area contributed by atoms with Crippen LogP contribution in [0.4, 0.5) is 14.9 Å². The number of rotatable bonds is 6. The number of amides is 2. The smallest absolute Gasteiger partial charge is 0.319 e. The number of aliphatic carboxylic acids is 1. The number of carbonyl (C=O) groups excluding carboxylic acids is 1. The number of carboxylic acids is 1. The molecule has 7 heteroatoms. The summed E-state index contributed by atoms with van der Waals surface area (Å²) in [5.41, 5.74) is 0.0787. The number of hydrogen-bond donors (Lipinski definition) is 3. The molecule has 1 rings (SSSR count). The largest absolute Gasteiger partial charge is 0.481 e. The summed E-state index contributed by atoms with van der Waals surface area (Å²) in [4.78, 5) is 22.6. The van der Waals surface area contributed by atoms with Crippen molar-refractivity contribution in [2.45, 2.75) is 19.8 Å². The number of nitriles is 1. The predicted molar refractivity (Wildman–Crippen MR) is 74.2 cm³/mol. The molecule has 1 aromatic carbocycles. The normalized spacial score (nSPS) is 11.3. The Labute approximate surface area is 121 Å². The minimum Gasteiger partial charge on any atom is -0.481 e. The van der Waals surface area contributed by atoms with E-state index in [1.807, 2.05) is 6.92 Å². The number of nitrogens with zero attached hydrogens (tertiary/aromatic N) is 1. The molecule has 0 bridgehead atoms. The number of halogens is 1. The molecule has 3 N–H and O–H groups in total. The quantitative estimate of drug-likeness (QED) is 0.749. The van der Waals surface area contributed by atoms with Gasteiger partial charge in [0, 0.05) is 12.2 Å². The predicted octanol–water partition coefficient (Wildman–Crippen LogP) is 2.32. The number of anilines is 1. The third-order valence-electron chi connectivity index (χ3n) is 2.84. The van der Waals surface area contributed by atoms with Gasteiger partial charge in [-0.1, -0.05) is 13.3 Å². The molecule has 0 aliphatic rings. The maximum absolute atomic E-state index is 13.1.